The van der Waals surface area contributed by atoms with E-state index < -0.39 is 0 Å². The predicted molar refractivity (Wildman–Crippen MR) is 84.6 cm³/mol. The lowest BCUT2D eigenvalue weighted by atomic mass is 10.1. The zero-order valence-corrected chi connectivity index (χ0v) is 11.8. The number of rotatable bonds is 2. The molecule has 0 aliphatic heterocycles. The van der Waals surface area contributed by atoms with E-state index in [0.717, 1.165) is 10.8 Å². The van der Waals surface area contributed by atoms with Gasteiger partial charge in [0, 0.05) is 27.5 Å². The van der Waals surface area contributed by atoms with Gasteiger partial charge in [-0.15, -0.1) is 0 Å². The molecule has 21 heavy (non-hydrogen) atoms. The maximum Gasteiger partial charge on any atom is 0.146 e. The van der Waals surface area contributed by atoms with Crippen molar-refractivity contribution in [3.63, 3.8) is 0 Å². The molecule has 0 spiro atoms. The Labute approximate surface area is 127 Å². The first-order valence-corrected chi connectivity index (χ1v) is 6.71. The molecule has 0 amide bonds. The molecule has 0 aromatic heterocycles. The topological polar surface area (TPSA) is 59.0 Å². The van der Waals surface area contributed by atoms with E-state index in [1.165, 1.54) is 0 Å². The van der Waals surface area contributed by atoms with E-state index in [-0.39, 0.29) is 0 Å². The van der Waals surface area contributed by atoms with Crippen LogP contribution in [-0.4, -0.2) is 0 Å². The van der Waals surface area contributed by atoms with Crippen molar-refractivity contribution >= 4 is 28.1 Å². The monoisotopic (exact) mass is 294 g/mol. The standard InChI is InChI=1S/C17H11ClN2O/c18-12-6-5-11(10-19)17(9-12)21-16-8-7-15(20)13-3-1-2-4-14(13)16/h1-9H,20H2. The highest BCUT2D eigenvalue weighted by atomic mass is 35.5. The summed E-state index contributed by atoms with van der Waals surface area (Å²) in [5.74, 6) is 1.07. The van der Waals surface area contributed by atoms with E-state index in [4.69, 9.17) is 27.3 Å². The Hall–Kier alpha value is -2.70. The van der Waals surface area contributed by atoms with E-state index >= 15 is 0 Å². The molecular formula is C17H11ClN2O. The molecular weight excluding hydrogens is 284 g/mol. The summed E-state index contributed by atoms with van der Waals surface area (Å²) in [7, 11) is 0. The molecule has 0 bridgehead atoms. The second-order valence-corrected chi connectivity index (χ2v) is 4.99. The first-order chi connectivity index (χ1) is 10.2. The van der Waals surface area contributed by atoms with Crippen molar-refractivity contribution in [1.29, 1.82) is 5.26 Å². The number of benzene rings is 3. The molecule has 102 valence electrons. The second-order valence-electron chi connectivity index (χ2n) is 4.55. The van der Waals surface area contributed by atoms with Gasteiger partial charge in [-0.1, -0.05) is 35.9 Å². The van der Waals surface area contributed by atoms with Gasteiger partial charge in [-0.05, 0) is 24.3 Å². The third-order valence-corrected chi connectivity index (χ3v) is 3.44. The summed E-state index contributed by atoms with van der Waals surface area (Å²) in [4.78, 5) is 0. The molecule has 0 saturated carbocycles. The smallest absolute Gasteiger partial charge is 0.146 e. The van der Waals surface area contributed by atoms with Crippen molar-refractivity contribution in [2.45, 2.75) is 0 Å². The number of ether oxygens (including phenoxy) is 1. The minimum absolute atomic E-state index is 0.430. The molecule has 0 unspecified atom stereocenters. The summed E-state index contributed by atoms with van der Waals surface area (Å²) in [5, 5.41) is 11.5. The molecule has 0 saturated heterocycles. The predicted octanol–water partition coefficient (Wildman–Crippen LogP) is 4.74. The molecule has 0 aliphatic carbocycles. The van der Waals surface area contributed by atoms with E-state index in [1.807, 2.05) is 24.3 Å². The van der Waals surface area contributed by atoms with E-state index in [9.17, 15) is 0 Å². The molecule has 0 atom stereocenters. The van der Waals surface area contributed by atoms with Crippen LogP contribution >= 0.6 is 11.6 Å². The summed E-state index contributed by atoms with van der Waals surface area (Å²) >= 11 is 5.97. The second kappa shape index (κ2) is 5.35. The third kappa shape index (κ3) is 2.49. The molecule has 0 aliphatic rings. The summed E-state index contributed by atoms with van der Waals surface area (Å²) in [6.07, 6.45) is 0. The average Bonchev–Trinajstić information content (AvgIpc) is 2.51. The number of fused-ring (bicyclic) bond motifs is 1. The van der Waals surface area contributed by atoms with Crippen LogP contribution in [0, 0.1) is 11.3 Å². The number of nitrogen functional groups attached to an aromatic ring is 1. The van der Waals surface area contributed by atoms with Crippen LogP contribution in [0.1, 0.15) is 5.56 Å². The van der Waals surface area contributed by atoms with E-state index in [0.29, 0.717) is 27.8 Å². The number of halogens is 1. The fourth-order valence-corrected chi connectivity index (χ4v) is 2.34. The molecule has 3 aromatic rings. The van der Waals surface area contributed by atoms with Gasteiger partial charge in [0.05, 0.1) is 5.56 Å². The molecule has 3 rings (SSSR count). The van der Waals surface area contributed by atoms with Gasteiger partial charge >= 0.3 is 0 Å². The summed E-state index contributed by atoms with van der Waals surface area (Å²) in [6, 6.07) is 18.3. The van der Waals surface area contributed by atoms with Crippen molar-refractivity contribution in [3.8, 4) is 17.6 Å². The van der Waals surface area contributed by atoms with Gasteiger partial charge in [0.15, 0.2) is 0 Å². The zero-order chi connectivity index (χ0) is 14.8. The Bertz CT molecular complexity index is 868. The van der Waals surface area contributed by atoms with Crippen LogP contribution in [0.2, 0.25) is 5.02 Å². The minimum Gasteiger partial charge on any atom is -0.455 e. The van der Waals surface area contributed by atoms with Gasteiger partial charge in [0.2, 0.25) is 0 Å². The summed E-state index contributed by atoms with van der Waals surface area (Å²) in [5.41, 5.74) is 7.09. The van der Waals surface area contributed by atoms with Gasteiger partial charge in [-0.2, -0.15) is 5.26 Å². The molecule has 0 fully saturated rings. The van der Waals surface area contributed by atoms with Crippen LogP contribution < -0.4 is 10.5 Å². The van der Waals surface area contributed by atoms with Crippen LogP contribution in [0.5, 0.6) is 11.5 Å². The first kappa shape index (κ1) is 13.3. The Kier molecular flexibility index (Phi) is 3.39. The molecule has 2 N–H and O–H groups in total. The highest BCUT2D eigenvalue weighted by molar-refractivity contribution is 6.30. The Morgan fingerprint density at radius 1 is 0.952 bits per heavy atom. The lowest BCUT2D eigenvalue weighted by Gasteiger charge is -2.11. The highest BCUT2D eigenvalue weighted by Crippen LogP contribution is 2.35. The van der Waals surface area contributed by atoms with Crippen molar-refractivity contribution in [2.75, 3.05) is 5.73 Å². The number of nitrogens with zero attached hydrogens (tertiary/aromatic N) is 1. The maximum absolute atomic E-state index is 9.15. The van der Waals surface area contributed by atoms with Gasteiger partial charge in [0.1, 0.15) is 17.6 Å². The Morgan fingerprint density at radius 3 is 2.48 bits per heavy atom. The van der Waals surface area contributed by atoms with Crippen molar-refractivity contribution < 1.29 is 4.74 Å². The average molecular weight is 295 g/mol. The number of nitriles is 1. The van der Waals surface area contributed by atoms with Gasteiger partial charge in [-0.3, -0.25) is 0 Å². The van der Waals surface area contributed by atoms with Crippen molar-refractivity contribution in [3.05, 3.63) is 65.2 Å². The number of hydrogen-bond acceptors (Lipinski definition) is 3. The molecule has 3 aromatic carbocycles. The normalized spacial score (nSPS) is 10.3. The van der Waals surface area contributed by atoms with Gasteiger partial charge in [0.25, 0.3) is 0 Å². The highest BCUT2D eigenvalue weighted by Gasteiger charge is 2.09. The van der Waals surface area contributed by atoms with Crippen molar-refractivity contribution in [1.82, 2.24) is 0 Å². The zero-order valence-electron chi connectivity index (χ0n) is 11.0. The van der Waals surface area contributed by atoms with Crippen LogP contribution in [0.25, 0.3) is 10.8 Å². The SMILES string of the molecule is N#Cc1ccc(Cl)cc1Oc1ccc(N)c2ccccc12. The van der Waals surface area contributed by atoms with E-state index in [1.54, 1.807) is 30.3 Å². The Morgan fingerprint density at radius 2 is 1.71 bits per heavy atom. The van der Waals surface area contributed by atoms with Gasteiger partial charge < -0.3 is 10.5 Å². The first-order valence-electron chi connectivity index (χ1n) is 6.34. The summed E-state index contributed by atoms with van der Waals surface area (Å²) < 4.78 is 5.89. The van der Waals surface area contributed by atoms with Crippen molar-refractivity contribution in [2.24, 2.45) is 0 Å². The van der Waals surface area contributed by atoms with Gasteiger partial charge in [-0.25, -0.2) is 0 Å². The summed E-state index contributed by atoms with van der Waals surface area (Å²) in [6.45, 7) is 0. The minimum atomic E-state index is 0.430. The van der Waals surface area contributed by atoms with Crippen LogP contribution in [0.15, 0.2) is 54.6 Å². The fourth-order valence-electron chi connectivity index (χ4n) is 2.18. The number of nitrogens with two attached hydrogens (primary N) is 1. The largest absolute Gasteiger partial charge is 0.455 e. The molecule has 0 heterocycles. The van der Waals surface area contributed by atoms with Crippen LogP contribution in [0.4, 0.5) is 5.69 Å². The number of anilines is 1. The van der Waals surface area contributed by atoms with Crippen LogP contribution in [0.3, 0.4) is 0 Å². The molecule has 3 nitrogen and oxygen atoms in total. The van der Waals surface area contributed by atoms with E-state index in [2.05, 4.69) is 6.07 Å². The maximum atomic E-state index is 9.15. The molecule has 4 heteroatoms. The fraction of sp³-hybridized carbons (Fsp3) is 0. The van der Waals surface area contributed by atoms with Crippen LogP contribution in [-0.2, 0) is 0 Å². The molecule has 0 radical (unpaired) electrons. The Balaban J connectivity index is 2.13. The third-order valence-electron chi connectivity index (χ3n) is 3.20. The lowest BCUT2D eigenvalue weighted by Crippen LogP contribution is -1.92. The lowest BCUT2D eigenvalue weighted by molar-refractivity contribution is 0.487. The number of hydrogen-bond donors (Lipinski definition) is 1. The quantitative estimate of drug-likeness (QED) is 0.694.